The van der Waals surface area contributed by atoms with Crippen molar-refractivity contribution in [3.05, 3.63) is 54.6 Å². The van der Waals surface area contributed by atoms with Crippen molar-refractivity contribution in [2.24, 2.45) is 10.3 Å². The normalized spacial score (nSPS) is 11.5. The zero-order chi connectivity index (χ0) is 15.2. The average molecular weight is 281 g/mol. The molecule has 0 unspecified atom stereocenters. The van der Waals surface area contributed by atoms with E-state index >= 15 is 0 Å². The summed E-state index contributed by atoms with van der Waals surface area (Å²) >= 11 is 0. The second-order valence-corrected chi connectivity index (χ2v) is 5.67. The van der Waals surface area contributed by atoms with Gasteiger partial charge in [0.15, 0.2) is 0 Å². The van der Waals surface area contributed by atoms with Crippen molar-refractivity contribution < 1.29 is 0 Å². The topological polar surface area (TPSA) is 28.0 Å². The van der Waals surface area contributed by atoms with Gasteiger partial charge in [0.05, 0.1) is 5.69 Å². The molecule has 2 aromatic carbocycles. The molecule has 0 N–H and O–H groups in total. The van der Waals surface area contributed by atoms with E-state index in [0.717, 1.165) is 5.69 Å². The Morgan fingerprint density at radius 3 is 1.76 bits per heavy atom. The zero-order valence-electron chi connectivity index (χ0n) is 13.2. The van der Waals surface area contributed by atoms with Crippen LogP contribution in [0.1, 0.15) is 27.7 Å². The molecule has 0 bridgehead atoms. The highest BCUT2D eigenvalue weighted by molar-refractivity contribution is 5.65. The third kappa shape index (κ3) is 4.15. The van der Waals surface area contributed by atoms with Gasteiger partial charge in [0, 0.05) is 12.1 Å². The molecule has 2 aromatic rings. The summed E-state index contributed by atoms with van der Waals surface area (Å²) in [5, 5.41) is 10.7. The smallest absolute Gasteiger partial charge is 0.0874 e. The first-order valence-corrected chi connectivity index (χ1v) is 7.43. The third-order valence-corrected chi connectivity index (χ3v) is 3.30. The van der Waals surface area contributed by atoms with Crippen molar-refractivity contribution in [1.29, 1.82) is 0 Å². The summed E-state index contributed by atoms with van der Waals surface area (Å²) in [6.07, 6.45) is 0. The lowest BCUT2D eigenvalue weighted by Gasteiger charge is -2.25. The van der Waals surface area contributed by atoms with E-state index in [4.69, 9.17) is 0 Å². The van der Waals surface area contributed by atoms with Crippen LogP contribution >= 0.6 is 0 Å². The van der Waals surface area contributed by atoms with Gasteiger partial charge in [-0.05, 0) is 51.0 Å². The number of rotatable bonds is 5. The van der Waals surface area contributed by atoms with Gasteiger partial charge in [-0.15, -0.1) is 5.11 Å². The molecule has 0 saturated heterocycles. The van der Waals surface area contributed by atoms with E-state index in [1.807, 2.05) is 35.3 Å². The van der Waals surface area contributed by atoms with Crippen LogP contribution in [0.2, 0.25) is 0 Å². The van der Waals surface area contributed by atoms with Crippen molar-refractivity contribution >= 4 is 5.69 Å². The minimum atomic E-state index is 0.345. The van der Waals surface area contributed by atoms with Crippen LogP contribution in [0.15, 0.2) is 64.9 Å². The predicted molar refractivity (Wildman–Crippen MR) is 88.5 cm³/mol. The van der Waals surface area contributed by atoms with Crippen LogP contribution in [0.3, 0.4) is 0 Å². The van der Waals surface area contributed by atoms with Gasteiger partial charge < -0.3 is 0 Å². The number of hydrogen-bond acceptors (Lipinski definition) is 2. The van der Waals surface area contributed by atoms with Crippen LogP contribution in [0.25, 0.3) is 11.1 Å². The first-order valence-electron chi connectivity index (χ1n) is 7.43. The largest absolute Gasteiger partial charge is 0.273 e. The summed E-state index contributed by atoms with van der Waals surface area (Å²) in [5.74, 6) is 0. The number of hydrogen-bond donors (Lipinski definition) is 0. The molecule has 0 aliphatic rings. The Morgan fingerprint density at radius 1 is 0.714 bits per heavy atom. The summed E-state index contributed by atoms with van der Waals surface area (Å²) in [6, 6.07) is 19.2. The highest BCUT2D eigenvalue weighted by Crippen LogP contribution is 2.23. The molecular formula is C18H23N3. The monoisotopic (exact) mass is 281 g/mol. The SMILES string of the molecule is CC(C)N(N=Nc1ccc(-c2ccccc2)cc1)C(C)C. The summed E-state index contributed by atoms with van der Waals surface area (Å²) < 4.78 is 0. The molecule has 0 aliphatic carbocycles. The fraction of sp³-hybridized carbons (Fsp3) is 0.333. The highest BCUT2D eigenvalue weighted by atomic mass is 15.6. The van der Waals surface area contributed by atoms with Gasteiger partial charge in [0.2, 0.25) is 0 Å². The highest BCUT2D eigenvalue weighted by Gasteiger charge is 2.10. The zero-order valence-corrected chi connectivity index (χ0v) is 13.2. The van der Waals surface area contributed by atoms with E-state index in [1.54, 1.807) is 0 Å². The van der Waals surface area contributed by atoms with Gasteiger partial charge in [0.25, 0.3) is 0 Å². The van der Waals surface area contributed by atoms with Crippen molar-refractivity contribution in [3.63, 3.8) is 0 Å². The minimum absolute atomic E-state index is 0.345. The maximum absolute atomic E-state index is 4.35. The second kappa shape index (κ2) is 7.02. The van der Waals surface area contributed by atoms with E-state index in [0.29, 0.717) is 12.1 Å². The standard InChI is InChI=1S/C18H23N3/c1-14(2)21(15(3)4)20-19-18-12-10-17(11-13-18)16-8-6-5-7-9-16/h5-15H,1-4H3. The summed E-state index contributed by atoms with van der Waals surface area (Å²) in [5.41, 5.74) is 3.28. The molecule has 0 atom stereocenters. The van der Waals surface area contributed by atoms with Crippen LogP contribution in [0, 0.1) is 0 Å². The number of benzene rings is 2. The van der Waals surface area contributed by atoms with Crippen LogP contribution in [-0.4, -0.2) is 17.1 Å². The first kappa shape index (κ1) is 15.2. The molecule has 3 nitrogen and oxygen atoms in total. The average Bonchev–Trinajstić information content (AvgIpc) is 2.48. The lowest BCUT2D eigenvalue weighted by Crippen LogP contribution is -2.31. The molecule has 21 heavy (non-hydrogen) atoms. The maximum atomic E-state index is 4.35. The van der Waals surface area contributed by atoms with Crippen molar-refractivity contribution in [3.8, 4) is 11.1 Å². The molecule has 0 saturated carbocycles. The van der Waals surface area contributed by atoms with Crippen LogP contribution in [0.4, 0.5) is 5.69 Å². The minimum Gasteiger partial charge on any atom is -0.273 e. The molecule has 0 radical (unpaired) electrons. The third-order valence-electron chi connectivity index (χ3n) is 3.30. The van der Waals surface area contributed by atoms with Gasteiger partial charge >= 0.3 is 0 Å². The van der Waals surface area contributed by atoms with Gasteiger partial charge in [-0.1, -0.05) is 47.7 Å². The first-order chi connectivity index (χ1) is 10.1. The van der Waals surface area contributed by atoms with E-state index < -0.39 is 0 Å². The van der Waals surface area contributed by atoms with Gasteiger partial charge in [-0.2, -0.15) is 0 Å². The fourth-order valence-electron chi connectivity index (χ4n) is 2.26. The van der Waals surface area contributed by atoms with E-state index in [2.05, 4.69) is 62.3 Å². The summed E-state index contributed by atoms with van der Waals surface area (Å²) in [4.78, 5) is 0. The Hall–Kier alpha value is -2.16. The van der Waals surface area contributed by atoms with Crippen LogP contribution in [0.5, 0.6) is 0 Å². The van der Waals surface area contributed by atoms with Crippen molar-refractivity contribution in [1.82, 2.24) is 5.01 Å². The fourth-order valence-corrected chi connectivity index (χ4v) is 2.26. The Labute approximate surface area is 127 Å². The van der Waals surface area contributed by atoms with Gasteiger partial charge in [-0.25, -0.2) is 0 Å². The Balaban J connectivity index is 2.12. The maximum Gasteiger partial charge on any atom is 0.0874 e. The van der Waals surface area contributed by atoms with Crippen molar-refractivity contribution in [2.75, 3.05) is 0 Å². The summed E-state index contributed by atoms with van der Waals surface area (Å²) in [6.45, 7) is 8.49. The van der Waals surface area contributed by atoms with Crippen molar-refractivity contribution in [2.45, 2.75) is 39.8 Å². The molecule has 3 heteroatoms. The molecule has 0 amide bonds. The number of nitrogens with zero attached hydrogens (tertiary/aromatic N) is 3. The predicted octanol–water partition coefficient (Wildman–Crippen LogP) is 5.47. The quantitative estimate of drug-likeness (QED) is 0.527. The molecule has 0 aromatic heterocycles. The van der Waals surface area contributed by atoms with Gasteiger partial charge in [-0.3, -0.25) is 5.01 Å². The van der Waals surface area contributed by atoms with Gasteiger partial charge in [0.1, 0.15) is 0 Å². The molecule has 0 fully saturated rings. The molecule has 110 valence electrons. The van der Waals surface area contributed by atoms with Crippen LogP contribution < -0.4 is 0 Å². The Morgan fingerprint density at radius 2 is 1.24 bits per heavy atom. The van der Waals surface area contributed by atoms with E-state index in [9.17, 15) is 0 Å². The van der Waals surface area contributed by atoms with Crippen LogP contribution in [-0.2, 0) is 0 Å². The van der Waals surface area contributed by atoms with E-state index in [1.165, 1.54) is 11.1 Å². The molecule has 0 heterocycles. The Bertz CT molecular complexity index is 563. The van der Waals surface area contributed by atoms with E-state index in [-0.39, 0.29) is 0 Å². The molecule has 2 rings (SSSR count). The lowest BCUT2D eigenvalue weighted by atomic mass is 10.1. The Kier molecular flexibility index (Phi) is 5.09. The second-order valence-electron chi connectivity index (χ2n) is 5.67. The molecule has 0 spiro atoms. The molecular weight excluding hydrogens is 258 g/mol. The lowest BCUT2D eigenvalue weighted by molar-refractivity contribution is 0.169. The summed E-state index contributed by atoms with van der Waals surface area (Å²) in [7, 11) is 0. The molecule has 0 aliphatic heterocycles.